The highest BCUT2D eigenvalue weighted by Gasteiger charge is 2.34. The predicted molar refractivity (Wildman–Crippen MR) is 146 cm³/mol. The molecule has 2 saturated heterocycles. The standard InChI is InChI=1S/C32H44N2/c1-8-27-26(19-24-13-12-21(2)29(20-24)32(5,6)7)10-9-11-28(27)30-18-22(3)31(23(4)34-30)25-14-16-33-17-15-25/h9-13,20,25,30-31,33-34H,3-4,8,14-19H2,1-2,5-7H3. The number of piperidine rings is 2. The summed E-state index contributed by atoms with van der Waals surface area (Å²) < 4.78 is 0. The first-order chi connectivity index (χ1) is 16.2. The number of hydrogen-bond donors (Lipinski definition) is 2. The van der Waals surface area contributed by atoms with E-state index in [0.29, 0.717) is 11.8 Å². The largest absolute Gasteiger partial charge is 0.381 e. The first kappa shape index (κ1) is 24.8. The van der Waals surface area contributed by atoms with E-state index in [1.807, 2.05) is 0 Å². The van der Waals surface area contributed by atoms with Gasteiger partial charge in [0, 0.05) is 11.6 Å². The average Bonchev–Trinajstić information content (AvgIpc) is 2.79. The lowest BCUT2D eigenvalue weighted by Gasteiger charge is -2.41. The molecule has 2 aliphatic rings. The van der Waals surface area contributed by atoms with Crippen LogP contribution in [0.1, 0.15) is 86.4 Å². The van der Waals surface area contributed by atoms with E-state index in [4.69, 9.17) is 0 Å². The van der Waals surface area contributed by atoms with Gasteiger partial charge in [0.2, 0.25) is 0 Å². The molecule has 2 fully saturated rings. The van der Waals surface area contributed by atoms with Crippen LogP contribution in [0, 0.1) is 18.8 Å². The smallest absolute Gasteiger partial charge is 0.0550 e. The Labute approximate surface area is 207 Å². The van der Waals surface area contributed by atoms with Crippen LogP contribution in [0.15, 0.2) is 60.8 Å². The van der Waals surface area contributed by atoms with Gasteiger partial charge in [-0.05, 0) is 96.8 Å². The van der Waals surface area contributed by atoms with Crippen LogP contribution >= 0.6 is 0 Å². The SMILES string of the molecule is C=C1CC(c2cccc(Cc3ccc(C)c(C(C)(C)C)c3)c2CC)NC(=C)C1C1CCNCC1. The molecule has 0 aliphatic carbocycles. The highest BCUT2D eigenvalue weighted by molar-refractivity contribution is 5.44. The van der Waals surface area contributed by atoms with Gasteiger partial charge in [-0.1, -0.05) is 82.8 Å². The molecule has 0 bridgehead atoms. The van der Waals surface area contributed by atoms with Crippen molar-refractivity contribution in [2.45, 2.75) is 78.2 Å². The Morgan fingerprint density at radius 2 is 1.76 bits per heavy atom. The molecular formula is C32H44N2. The number of benzene rings is 2. The van der Waals surface area contributed by atoms with Gasteiger partial charge in [0.05, 0.1) is 6.04 Å². The number of allylic oxidation sites excluding steroid dienone is 1. The zero-order valence-corrected chi connectivity index (χ0v) is 22.1. The summed E-state index contributed by atoms with van der Waals surface area (Å²) in [6.07, 6.45) is 5.46. The van der Waals surface area contributed by atoms with Gasteiger partial charge in [-0.2, -0.15) is 0 Å². The van der Waals surface area contributed by atoms with Crippen LogP contribution in [-0.2, 0) is 18.3 Å². The monoisotopic (exact) mass is 456 g/mol. The second-order valence-electron chi connectivity index (χ2n) is 11.6. The molecule has 2 aliphatic heterocycles. The summed E-state index contributed by atoms with van der Waals surface area (Å²) in [6.45, 7) is 22.7. The van der Waals surface area contributed by atoms with Crippen LogP contribution in [0.4, 0.5) is 0 Å². The maximum atomic E-state index is 4.56. The van der Waals surface area contributed by atoms with Crippen molar-refractivity contribution in [2.24, 2.45) is 11.8 Å². The summed E-state index contributed by atoms with van der Waals surface area (Å²) in [5.41, 5.74) is 11.3. The Bertz CT molecular complexity index is 1030. The summed E-state index contributed by atoms with van der Waals surface area (Å²) in [5.74, 6) is 1.08. The zero-order valence-electron chi connectivity index (χ0n) is 22.1. The van der Waals surface area contributed by atoms with Gasteiger partial charge in [-0.15, -0.1) is 0 Å². The molecule has 0 radical (unpaired) electrons. The summed E-state index contributed by atoms with van der Waals surface area (Å²) in [5, 5.41) is 7.33. The lowest BCUT2D eigenvalue weighted by atomic mass is 9.73. The highest BCUT2D eigenvalue weighted by atomic mass is 15.0. The first-order valence-electron chi connectivity index (χ1n) is 13.2. The van der Waals surface area contributed by atoms with Gasteiger partial charge >= 0.3 is 0 Å². The molecule has 0 amide bonds. The highest BCUT2D eigenvalue weighted by Crippen LogP contribution is 2.42. The molecule has 0 saturated carbocycles. The summed E-state index contributed by atoms with van der Waals surface area (Å²) in [4.78, 5) is 0. The lowest BCUT2D eigenvalue weighted by Crippen LogP contribution is -2.39. The maximum Gasteiger partial charge on any atom is 0.0550 e. The number of hydrogen-bond acceptors (Lipinski definition) is 2. The van der Waals surface area contributed by atoms with Crippen molar-refractivity contribution < 1.29 is 0 Å². The fraction of sp³-hybridized carbons (Fsp3) is 0.500. The van der Waals surface area contributed by atoms with Gasteiger partial charge in [0.15, 0.2) is 0 Å². The zero-order chi connectivity index (χ0) is 24.5. The van der Waals surface area contributed by atoms with Crippen LogP contribution in [0.5, 0.6) is 0 Å². The molecule has 34 heavy (non-hydrogen) atoms. The minimum absolute atomic E-state index is 0.160. The quantitative estimate of drug-likeness (QED) is 0.466. The molecule has 0 spiro atoms. The molecule has 2 aromatic carbocycles. The molecule has 4 rings (SSSR count). The fourth-order valence-electron chi connectivity index (χ4n) is 6.37. The van der Waals surface area contributed by atoms with Crippen molar-refractivity contribution >= 4 is 0 Å². The summed E-state index contributed by atoms with van der Waals surface area (Å²) in [7, 11) is 0. The predicted octanol–water partition coefficient (Wildman–Crippen LogP) is 7.17. The van der Waals surface area contributed by atoms with E-state index >= 15 is 0 Å². The van der Waals surface area contributed by atoms with Crippen LogP contribution in [-0.4, -0.2) is 13.1 Å². The van der Waals surface area contributed by atoms with Crippen molar-refractivity contribution in [1.82, 2.24) is 10.6 Å². The molecule has 2 unspecified atom stereocenters. The number of aryl methyl sites for hydroxylation is 1. The Morgan fingerprint density at radius 3 is 2.41 bits per heavy atom. The minimum Gasteiger partial charge on any atom is -0.381 e. The average molecular weight is 457 g/mol. The summed E-state index contributed by atoms with van der Waals surface area (Å²) in [6, 6.07) is 14.2. The Morgan fingerprint density at radius 1 is 1.03 bits per heavy atom. The molecule has 2 N–H and O–H groups in total. The van der Waals surface area contributed by atoms with Crippen LogP contribution in [0.3, 0.4) is 0 Å². The second kappa shape index (κ2) is 10.1. The van der Waals surface area contributed by atoms with E-state index in [-0.39, 0.29) is 11.5 Å². The molecule has 0 aromatic heterocycles. The van der Waals surface area contributed by atoms with Crippen molar-refractivity contribution in [2.75, 3.05) is 13.1 Å². The third-order valence-electron chi connectivity index (χ3n) is 8.04. The molecule has 182 valence electrons. The second-order valence-corrected chi connectivity index (χ2v) is 11.6. The fourth-order valence-corrected chi connectivity index (χ4v) is 6.37. The van der Waals surface area contributed by atoms with Crippen molar-refractivity contribution in [1.29, 1.82) is 0 Å². The third-order valence-corrected chi connectivity index (χ3v) is 8.04. The van der Waals surface area contributed by atoms with E-state index in [1.165, 1.54) is 57.5 Å². The van der Waals surface area contributed by atoms with Crippen LogP contribution < -0.4 is 10.6 Å². The third kappa shape index (κ3) is 5.18. The van der Waals surface area contributed by atoms with Gasteiger partial charge < -0.3 is 10.6 Å². The van der Waals surface area contributed by atoms with Gasteiger partial charge in [-0.25, -0.2) is 0 Å². The number of rotatable bonds is 5. The van der Waals surface area contributed by atoms with Crippen LogP contribution in [0.2, 0.25) is 0 Å². The minimum atomic E-state index is 0.160. The Balaban J connectivity index is 1.58. The molecule has 2 aromatic rings. The maximum absolute atomic E-state index is 4.56. The van der Waals surface area contributed by atoms with Gasteiger partial charge in [0.1, 0.15) is 0 Å². The Hall–Kier alpha value is -2.32. The normalized spacial score (nSPS) is 22.0. The lowest BCUT2D eigenvalue weighted by molar-refractivity contribution is 0.281. The van der Waals surface area contributed by atoms with Crippen molar-refractivity contribution in [3.8, 4) is 0 Å². The Kier molecular flexibility index (Phi) is 7.38. The van der Waals surface area contributed by atoms with E-state index in [2.05, 4.69) is 94.8 Å². The van der Waals surface area contributed by atoms with E-state index in [0.717, 1.165) is 32.4 Å². The molecular weight excluding hydrogens is 412 g/mol. The van der Waals surface area contributed by atoms with Gasteiger partial charge in [-0.3, -0.25) is 0 Å². The van der Waals surface area contributed by atoms with Crippen LogP contribution in [0.25, 0.3) is 0 Å². The van der Waals surface area contributed by atoms with Gasteiger partial charge in [0.25, 0.3) is 0 Å². The van der Waals surface area contributed by atoms with E-state index in [1.54, 1.807) is 0 Å². The first-order valence-corrected chi connectivity index (χ1v) is 13.2. The number of nitrogens with one attached hydrogen (secondary N) is 2. The molecule has 2 heteroatoms. The topological polar surface area (TPSA) is 24.1 Å². The van der Waals surface area contributed by atoms with Crippen molar-refractivity contribution in [3.05, 3.63) is 94.2 Å². The van der Waals surface area contributed by atoms with E-state index < -0.39 is 0 Å². The molecule has 2 nitrogen and oxygen atoms in total. The van der Waals surface area contributed by atoms with E-state index in [9.17, 15) is 0 Å². The molecule has 2 atom stereocenters. The summed E-state index contributed by atoms with van der Waals surface area (Å²) >= 11 is 0. The van der Waals surface area contributed by atoms with Crippen molar-refractivity contribution in [3.63, 3.8) is 0 Å². The molecule has 2 heterocycles.